The number of aliphatic imine (C=N–C) groups is 1. The summed E-state index contributed by atoms with van der Waals surface area (Å²) in [5.74, 6) is 0.844. The van der Waals surface area contributed by atoms with Crippen LogP contribution in [0.2, 0.25) is 0 Å². The van der Waals surface area contributed by atoms with Gasteiger partial charge in [0.25, 0.3) is 0 Å². The van der Waals surface area contributed by atoms with Crippen molar-refractivity contribution in [2.45, 2.75) is 26.3 Å². The Kier molecular flexibility index (Phi) is 1.51. The highest BCUT2D eigenvalue weighted by Gasteiger charge is 2.11. The van der Waals surface area contributed by atoms with Gasteiger partial charge in [-0.2, -0.15) is 0 Å². The zero-order valence-electron chi connectivity index (χ0n) is 5.35. The van der Waals surface area contributed by atoms with Gasteiger partial charge in [-0.25, -0.2) is 4.99 Å². The Morgan fingerprint density at radius 2 is 2.62 bits per heavy atom. The number of rotatable bonds is 1. The molecule has 0 aromatic heterocycles. The lowest BCUT2D eigenvalue weighted by atomic mass is 10.3. The molecule has 0 radical (unpaired) electrons. The molecular formula is C6H11NO. The van der Waals surface area contributed by atoms with Crippen LogP contribution in [-0.2, 0) is 4.74 Å². The molecule has 0 bridgehead atoms. The molecule has 0 N–H and O–H groups in total. The van der Waals surface area contributed by atoms with Gasteiger partial charge >= 0.3 is 0 Å². The molecule has 0 aromatic rings. The molecule has 0 saturated heterocycles. The molecule has 0 saturated carbocycles. The van der Waals surface area contributed by atoms with Crippen LogP contribution >= 0.6 is 0 Å². The SMILES string of the molecule is CC[C@@H]1COC(C)=N1. The van der Waals surface area contributed by atoms with Crippen molar-refractivity contribution in [2.75, 3.05) is 6.61 Å². The van der Waals surface area contributed by atoms with Crippen molar-refractivity contribution in [1.29, 1.82) is 0 Å². The second kappa shape index (κ2) is 2.16. The molecule has 1 aliphatic rings. The number of hydrogen-bond donors (Lipinski definition) is 0. The van der Waals surface area contributed by atoms with Crippen LogP contribution < -0.4 is 0 Å². The number of ether oxygens (including phenoxy) is 1. The fourth-order valence-electron chi connectivity index (χ4n) is 0.758. The first kappa shape index (κ1) is 5.60. The Hall–Kier alpha value is -0.530. The molecule has 0 spiro atoms. The first-order valence-electron chi connectivity index (χ1n) is 3.00. The third kappa shape index (κ3) is 0.997. The molecule has 2 heteroatoms. The van der Waals surface area contributed by atoms with Gasteiger partial charge in [0.15, 0.2) is 5.90 Å². The second-order valence-corrected chi connectivity index (χ2v) is 2.02. The van der Waals surface area contributed by atoms with Crippen LogP contribution in [0.15, 0.2) is 4.99 Å². The maximum absolute atomic E-state index is 5.11. The van der Waals surface area contributed by atoms with E-state index in [0.29, 0.717) is 6.04 Å². The summed E-state index contributed by atoms with van der Waals surface area (Å²) >= 11 is 0. The third-order valence-electron chi connectivity index (χ3n) is 1.32. The van der Waals surface area contributed by atoms with E-state index in [1.807, 2.05) is 6.92 Å². The molecule has 1 atom stereocenters. The van der Waals surface area contributed by atoms with Gasteiger partial charge in [-0.3, -0.25) is 0 Å². The van der Waals surface area contributed by atoms with E-state index < -0.39 is 0 Å². The van der Waals surface area contributed by atoms with E-state index in [1.165, 1.54) is 0 Å². The highest BCUT2D eigenvalue weighted by molar-refractivity contribution is 5.74. The minimum Gasteiger partial charge on any atom is -0.479 e. The van der Waals surface area contributed by atoms with E-state index in [9.17, 15) is 0 Å². The van der Waals surface area contributed by atoms with Crippen molar-refractivity contribution < 1.29 is 4.74 Å². The minimum atomic E-state index is 0.440. The van der Waals surface area contributed by atoms with E-state index >= 15 is 0 Å². The van der Waals surface area contributed by atoms with E-state index in [0.717, 1.165) is 18.9 Å². The summed E-state index contributed by atoms with van der Waals surface area (Å²) in [6, 6.07) is 0.440. The van der Waals surface area contributed by atoms with Crippen molar-refractivity contribution in [2.24, 2.45) is 4.99 Å². The van der Waals surface area contributed by atoms with E-state index in [2.05, 4.69) is 11.9 Å². The van der Waals surface area contributed by atoms with Crippen LogP contribution in [-0.4, -0.2) is 18.5 Å². The van der Waals surface area contributed by atoms with Gasteiger partial charge in [0.1, 0.15) is 6.61 Å². The average molecular weight is 113 g/mol. The van der Waals surface area contributed by atoms with Gasteiger partial charge in [-0.15, -0.1) is 0 Å². The van der Waals surface area contributed by atoms with Crippen LogP contribution in [0.25, 0.3) is 0 Å². The number of hydrogen-bond acceptors (Lipinski definition) is 2. The maximum atomic E-state index is 5.11. The smallest absolute Gasteiger partial charge is 0.180 e. The van der Waals surface area contributed by atoms with Crippen LogP contribution in [0.4, 0.5) is 0 Å². The predicted octanol–water partition coefficient (Wildman–Crippen LogP) is 1.21. The van der Waals surface area contributed by atoms with Gasteiger partial charge in [-0.1, -0.05) is 6.92 Å². The second-order valence-electron chi connectivity index (χ2n) is 2.02. The molecule has 0 aliphatic carbocycles. The molecule has 46 valence electrons. The van der Waals surface area contributed by atoms with Gasteiger partial charge < -0.3 is 4.74 Å². The minimum absolute atomic E-state index is 0.440. The van der Waals surface area contributed by atoms with Crippen LogP contribution in [0, 0.1) is 0 Å². The summed E-state index contributed by atoms with van der Waals surface area (Å²) < 4.78 is 5.11. The molecular weight excluding hydrogens is 102 g/mol. The summed E-state index contributed by atoms with van der Waals surface area (Å²) in [7, 11) is 0. The van der Waals surface area contributed by atoms with Crippen LogP contribution in [0.3, 0.4) is 0 Å². The summed E-state index contributed by atoms with van der Waals surface area (Å²) in [6.07, 6.45) is 1.09. The average Bonchev–Trinajstić information content (AvgIpc) is 2.14. The van der Waals surface area contributed by atoms with Gasteiger partial charge in [0.05, 0.1) is 6.04 Å². The lowest BCUT2D eigenvalue weighted by Crippen LogP contribution is -2.02. The Labute approximate surface area is 49.6 Å². The first-order chi connectivity index (χ1) is 3.83. The normalized spacial score (nSPS) is 27.2. The highest BCUT2D eigenvalue weighted by Crippen LogP contribution is 2.06. The zero-order valence-corrected chi connectivity index (χ0v) is 5.35. The zero-order chi connectivity index (χ0) is 5.98. The van der Waals surface area contributed by atoms with Crippen molar-refractivity contribution in [3.63, 3.8) is 0 Å². The lowest BCUT2D eigenvalue weighted by molar-refractivity contribution is 0.312. The summed E-state index contributed by atoms with van der Waals surface area (Å²) in [6.45, 7) is 4.81. The Balaban J connectivity index is 2.41. The predicted molar refractivity (Wildman–Crippen MR) is 33.1 cm³/mol. The lowest BCUT2D eigenvalue weighted by Gasteiger charge is -1.95. The standard InChI is InChI=1S/C6H11NO/c1-3-6-4-8-5(2)7-6/h6H,3-4H2,1-2H3/t6-/m1/s1. The highest BCUT2D eigenvalue weighted by atomic mass is 16.5. The van der Waals surface area contributed by atoms with Crippen LogP contribution in [0.5, 0.6) is 0 Å². The Morgan fingerprint density at radius 1 is 1.88 bits per heavy atom. The summed E-state index contributed by atoms with van der Waals surface area (Å²) in [5.41, 5.74) is 0. The third-order valence-corrected chi connectivity index (χ3v) is 1.32. The molecule has 0 aromatic carbocycles. The Morgan fingerprint density at radius 3 is 2.88 bits per heavy atom. The van der Waals surface area contributed by atoms with E-state index in [-0.39, 0.29) is 0 Å². The largest absolute Gasteiger partial charge is 0.479 e. The summed E-state index contributed by atoms with van der Waals surface area (Å²) in [5, 5.41) is 0. The van der Waals surface area contributed by atoms with Gasteiger partial charge in [0, 0.05) is 6.92 Å². The van der Waals surface area contributed by atoms with Crippen LogP contribution in [0.1, 0.15) is 20.3 Å². The Bertz CT molecular complexity index is 109. The molecule has 8 heavy (non-hydrogen) atoms. The van der Waals surface area contributed by atoms with Gasteiger partial charge in [0.2, 0.25) is 0 Å². The molecule has 0 unspecified atom stereocenters. The fraction of sp³-hybridized carbons (Fsp3) is 0.833. The topological polar surface area (TPSA) is 21.6 Å². The monoisotopic (exact) mass is 113 g/mol. The summed E-state index contributed by atoms with van der Waals surface area (Å²) in [4.78, 5) is 4.20. The van der Waals surface area contributed by atoms with E-state index in [4.69, 9.17) is 4.74 Å². The number of nitrogens with zero attached hydrogens (tertiary/aromatic N) is 1. The molecule has 0 fully saturated rings. The molecule has 1 rings (SSSR count). The maximum Gasteiger partial charge on any atom is 0.180 e. The van der Waals surface area contributed by atoms with Gasteiger partial charge in [-0.05, 0) is 6.42 Å². The fourth-order valence-corrected chi connectivity index (χ4v) is 0.758. The van der Waals surface area contributed by atoms with Crippen molar-refractivity contribution in [1.82, 2.24) is 0 Å². The van der Waals surface area contributed by atoms with E-state index in [1.54, 1.807) is 0 Å². The molecule has 2 nitrogen and oxygen atoms in total. The molecule has 1 heterocycles. The molecule has 0 amide bonds. The first-order valence-corrected chi connectivity index (χ1v) is 3.00. The quantitative estimate of drug-likeness (QED) is 0.501. The van der Waals surface area contributed by atoms with Crippen molar-refractivity contribution in [3.8, 4) is 0 Å². The van der Waals surface area contributed by atoms with Crippen molar-refractivity contribution in [3.05, 3.63) is 0 Å². The van der Waals surface area contributed by atoms with Crippen molar-refractivity contribution >= 4 is 5.90 Å². The molecule has 1 aliphatic heterocycles.